The predicted octanol–water partition coefficient (Wildman–Crippen LogP) is 2.07. The number of hydrogen-bond donors (Lipinski definition) is 0. The summed E-state index contributed by atoms with van der Waals surface area (Å²) in [5, 5.41) is 0. The summed E-state index contributed by atoms with van der Waals surface area (Å²) in [7, 11) is -4.24. The van der Waals surface area contributed by atoms with E-state index in [-0.39, 0.29) is 23.8 Å². The molecule has 0 N–H and O–H groups in total. The summed E-state index contributed by atoms with van der Waals surface area (Å²) in [5.41, 5.74) is 1.38. The van der Waals surface area contributed by atoms with Gasteiger partial charge < -0.3 is 9.47 Å². The second-order valence-corrected chi connectivity index (χ2v) is 7.65. The van der Waals surface area contributed by atoms with Crippen molar-refractivity contribution in [2.45, 2.75) is 17.6 Å². The summed E-state index contributed by atoms with van der Waals surface area (Å²) in [6, 6.07) is 9.22. The Balaban J connectivity index is 1.91. The van der Waals surface area contributed by atoms with Crippen LogP contribution in [0.1, 0.15) is 11.1 Å². The summed E-state index contributed by atoms with van der Waals surface area (Å²) in [5.74, 6) is -3.13. The Kier molecular flexibility index (Phi) is 3.47. The number of rotatable bonds is 2. The summed E-state index contributed by atoms with van der Waals surface area (Å²) >= 11 is 0. The molecule has 2 aromatic rings. The average molecular weight is 363 g/mol. The van der Waals surface area contributed by atoms with E-state index in [4.69, 9.17) is 9.47 Å². The molecule has 2 aliphatic heterocycles. The predicted molar refractivity (Wildman–Crippen MR) is 85.8 cm³/mol. The van der Waals surface area contributed by atoms with Gasteiger partial charge in [-0.05, 0) is 43.3 Å². The summed E-state index contributed by atoms with van der Waals surface area (Å²) in [6.07, 6.45) is 0. The molecule has 0 radical (unpaired) electrons. The summed E-state index contributed by atoms with van der Waals surface area (Å²) in [6.45, 7) is 2.19. The van der Waals surface area contributed by atoms with E-state index in [0.717, 1.165) is 29.8 Å². The van der Waals surface area contributed by atoms with Gasteiger partial charge in [0.05, 0.1) is 23.8 Å². The molecule has 0 unspecified atom stereocenters. The number of hydrogen-bond acceptors (Lipinski definition) is 5. The van der Waals surface area contributed by atoms with Crippen molar-refractivity contribution in [3.8, 4) is 0 Å². The molecule has 2 aromatic carbocycles. The van der Waals surface area contributed by atoms with Crippen LogP contribution in [0.4, 0.5) is 10.1 Å². The van der Waals surface area contributed by atoms with Gasteiger partial charge in [0.15, 0.2) is 0 Å². The van der Waals surface area contributed by atoms with Crippen LogP contribution in [0.3, 0.4) is 0 Å². The van der Waals surface area contributed by atoms with Crippen LogP contribution in [0.5, 0.6) is 0 Å². The number of aryl methyl sites for hydroxylation is 1. The molecule has 1 fully saturated rings. The zero-order chi connectivity index (χ0) is 17.8. The van der Waals surface area contributed by atoms with E-state index in [9.17, 15) is 17.6 Å². The molecule has 0 saturated carbocycles. The Morgan fingerprint density at radius 3 is 2.36 bits per heavy atom. The minimum absolute atomic E-state index is 0.182. The lowest BCUT2D eigenvalue weighted by Gasteiger charge is -2.22. The fourth-order valence-electron chi connectivity index (χ4n) is 3.09. The van der Waals surface area contributed by atoms with Gasteiger partial charge in [0.1, 0.15) is 5.82 Å². The van der Waals surface area contributed by atoms with Crippen molar-refractivity contribution in [2.75, 3.05) is 17.5 Å². The average Bonchev–Trinajstić information content (AvgIpc) is 3.15. The zero-order valence-corrected chi connectivity index (χ0v) is 14.0. The number of ether oxygens (including phenoxy) is 2. The first-order valence-corrected chi connectivity index (χ1v) is 9.05. The van der Waals surface area contributed by atoms with Gasteiger partial charge in [-0.15, -0.1) is 0 Å². The lowest BCUT2D eigenvalue weighted by Crippen LogP contribution is -2.44. The highest BCUT2D eigenvalue weighted by molar-refractivity contribution is 7.93. The highest BCUT2D eigenvalue weighted by atomic mass is 32.2. The molecule has 0 aliphatic carbocycles. The molecular weight excluding hydrogens is 349 g/mol. The third-order valence-corrected chi connectivity index (χ3v) is 5.95. The fourth-order valence-corrected chi connectivity index (χ4v) is 4.54. The Hall–Kier alpha value is -2.29. The van der Waals surface area contributed by atoms with Gasteiger partial charge in [-0.3, -0.25) is 4.79 Å². The van der Waals surface area contributed by atoms with Crippen LogP contribution < -0.4 is 4.31 Å². The van der Waals surface area contributed by atoms with Gasteiger partial charge in [0.2, 0.25) is 0 Å². The molecule has 8 heteroatoms. The van der Waals surface area contributed by atoms with E-state index in [1.807, 2.05) is 6.92 Å². The molecule has 4 rings (SSSR count). The lowest BCUT2D eigenvalue weighted by molar-refractivity contribution is -0.179. The van der Waals surface area contributed by atoms with Crippen molar-refractivity contribution < 1.29 is 27.1 Å². The minimum Gasteiger partial charge on any atom is -0.336 e. The third-order valence-electron chi connectivity index (χ3n) is 4.24. The van der Waals surface area contributed by atoms with E-state index < -0.39 is 27.5 Å². The van der Waals surface area contributed by atoms with Crippen molar-refractivity contribution in [3.05, 3.63) is 59.4 Å². The minimum atomic E-state index is -4.24. The molecule has 25 heavy (non-hydrogen) atoms. The van der Waals surface area contributed by atoms with E-state index in [2.05, 4.69) is 0 Å². The van der Waals surface area contributed by atoms with Gasteiger partial charge >= 0.3 is 5.91 Å². The molecule has 0 atom stereocenters. The molecule has 2 aliphatic rings. The van der Waals surface area contributed by atoms with Crippen molar-refractivity contribution in [2.24, 2.45) is 0 Å². The van der Waals surface area contributed by atoms with E-state index in [0.29, 0.717) is 9.87 Å². The number of nitrogens with zero attached hydrogens (tertiary/aromatic N) is 1. The Labute approximate surface area is 143 Å². The van der Waals surface area contributed by atoms with Crippen molar-refractivity contribution in [1.29, 1.82) is 0 Å². The first-order valence-electron chi connectivity index (χ1n) is 7.61. The largest absolute Gasteiger partial charge is 0.336 e. The van der Waals surface area contributed by atoms with Crippen LogP contribution in [-0.2, 0) is 30.1 Å². The smallest absolute Gasteiger partial charge is 0.306 e. The van der Waals surface area contributed by atoms with Gasteiger partial charge in [0.25, 0.3) is 15.8 Å². The maximum atomic E-state index is 13.1. The van der Waals surface area contributed by atoms with Crippen LogP contribution >= 0.6 is 0 Å². The zero-order valence-electron chi connectivity index (χ0n) is 13.2. The monoisotopic (exact) mass is 363 g/mol. The highest BCUT2D eigenvalue weighted by Gasteiger charge is 2.59. The maximum absolute atomic E-state index is 13.1. The standard InChI is InChI=1S/C17H14FNO5S/c1-11-2-7-15-14(10-11)17(23-8-9-24-17)16(20)19(15)25(21,22)13-5-3-12(18)4-6-13/h2-7,10H,8-9H2,1H3. The van der Waals surface area contributed by atoms with Crippen molar-refractivity contribution in [1.82, 2.24) is 0 Å². The first kappa shape index (κ1) is 16.2. The quantitative estimate of drug-likeness (QED) is 0.817. The molecule has 0 bridgehead atoms. The normalized spacial score (nSPS) is 18.8. The van der Waals surface area contributed by atoms with Gasteiger partial charge in [-0.25, -0.2) is 12.8 Å². The number of sulfonamides is 1. The second kappa shape index (κ2) is 5.35. The SMILES string of the molecule is Cc1ccc2c(c1)C1(OCCO1)C(=O)N2S(=O)(=O)c1ccc(F)cc1. The van der Waals surface area contributed by atoms with E-state index in [1.165, 1.54) is 0 Å². The fraction of sp³-hybridized carbons (Fsp3) is 0.235. The molecule has 1 amide bonds. The van der Waals surface area contributed by atoms with Crippen LogP contribution in [0.15, 0.2) is 47.4 Å². The number of halogens is 1. The number of carbonyl (C=O) groups is 1. The topological polar surface area (TPSA) is 72.9 Å². The molecule has 6 nitrogen and oxygen atoms in total. The van der Waals surface area contributed by atoms with Crippen LogP contribution in [-0.4, -0.2) is 27.5 Å². The van der Waals surface area contributed by atoms with Crippen LogP contribution in [0.25, 0.3) is 0 Å². The number of amides is 1. The van der Waals surface area contributed by atoms with Crippen molar-refractivity contribution >= 4 is 21.6 Å². The van der Waals surface area contributed by atoms with Gasteiger partial charge in [-0.1, -0.05) is 11.6 Å². The molecule has 1 saturated heterocycles. The number of benzene rings is 2. The third kappa shape index (κ3) is 2.21. The molecule has 0 aromatic heterocycles. The van der Waals surface area contributed by atoms with Gasteiger partial charge in [0, 0.05) is 5.56 Å². The van der Waals surface area contributed by atoms with Crippen molar-refractivity contribution in [3.63, 3.8) is 0 Å². The Bertz CT molecular complexity index is 965. The summed E-state index contributed by atoms with van der Waals surface area (Å²) < 4.78 is 50.9. The Morgan fingerprint density at radius 1 is 1.08 bits per heavy atom. The summed E-state index contributed by atoms with van der Waals surface area (Å²) in [4.78, 5) is 12.8. The molecule has 130 valence electrons. The van der Waals surface area contributed by atoms with Gasteiger partial charge in [-0.2, -0.15) is 4.31 Å². The first-order chi connectivity index (χ1) is 11.9. The molecular formula is C17H14FNO5S. The number of anilines is 1. The van der Waals surface area contributed by atoms with E-state index >= 15 is 0 Å². The molecule has 2 heterocycles. The number of carbonyl (C=O) groups excluding carboxylic acids is 1. The Morgan fingerprint density at radius 2 is 1.72 bits per heavy atom. The highest BCUT2D eigenvalue weighted by Crippen LogP contribution is 2.48. The number of fused-ring (bicyclic) bond motifs is 2. The van der Waals surface area contributed by atoms with E-state index in [1.54, 1.807) is 18.2 Å². The lowest BCUT2D eigenvalue weighted by atomic mass is 10.0. The second-order valence-electron chi connectivity index (χ2n) is 5.86. The van der Waals surface area contributed by atoms with Crippen LogP contribution in [0, 0.1) is 12.7 Å². The maximum Gasteiger partial charge on any atom is 0.306 e. The van der Waals surface area contributed by atoms with Crippen LogP contribution in [0.2, 0.25) is 0 Å². The molecule has 1 spiro atoms.